The summed E-state index contributed by atoms with van der Waals surface area (Å²) in [6.45, 7) is 15.1. The Labute approximate surface area is 214 Å². The van der Waals surface area contributed by atoms with Crippen molar-refractivity contribution in [2.24, 2.45) is 17.3 Å². The molecule has 1 heterocycles. The van der Waals surface area contributed by atoms with Gasteiger partial charge in [-0.1, -0.05) is 66.4 Å². The number of nitrogens with zero attached hydrogens (tertiary/aromatic N) is 2. The van der Waals surface area contributed by atoms with Crippen LogP contribution in [0.4, 0.5) is 0 Å². The van der Waals surface area contributed by atoms with Crippen LogP contribution in [-0.4, -0.2) is 73.5 Å². The molecular weight excluding hydrogens is 442 g/mol. The van der Waals surface area contributed by atoms with Gasteiger partial charge in [-0.25, -0.2) is 4.79 Å². The molecule has 0 radical (unpaired) electrons. The fourth-order valence-corrected chi connectivity index (χ4v) is 4.91. The maximum absolute atomic E-state index is 13.3. The maximum Gasteiger partial charge on any atom is 0.333 e. The molecule has 202 valence electrons. The molecule has 4 unspecified atom stereocenters. The Bertz CT molecular complexity index is 728. The van der Waals surface area contributed by atoms with Crippen molar-refractivity contribution in [1.29, 1.82) is 0 Å². The van der Waals surface area contributed by atoms with Gasteiger partial charge in [0.2, 0.25) is 11.8 Å². The summed E-state index contributed by atoms with van der Waals surface area (Å²) in [7, 11) is 3.72. The number of amides is 2. The molecule has 2 amide bonds. The number of fused-ring (bicyclic) bond motifs is 1. The lowest BCUT2D eigenvalue weighted by atomic mass is 9.73. The van der Waals surface area contributed by atoms with Gasteiger partial charge >= 0.3 is 5.97 Å². The van der Waals surface area contributed by atoms with Crippen molar-refractivity contribution >= 4 is 17.8 Å². The monoisotopic (exact) mass is 493 g/mol. The molecule has 1 N–H and O–H groups in total. The predicted octanol–water partition coefficient (Wildman–Crippen LogP) is 4.41. The van der Waals surface area contributed by atoms with Crippen LogP contribution in [0.25, 0.3) is 0 Å². The average molecular weight is 494 g/mol. The Balaban J connectivity index is 0.00000194. The minimum absolute atomic E-state index is 0.0588. The van der Waals surface area contributed by atoms with Crippen molar-refractivity contribution < 1.29 is 19.1 Å². The van der Waals surface area contributed by atoms with Crippen LogP contribution in [0.5, 0.6) is 0 Å². The van der Waals surface area contributed by atoms with Crippen LogP contribution in [-0.2, 0) is 19.1 Å². The van der Waals surface area contributed by atoms with Gasteiger partial charge in [-0.15, -0.1) is 0 Å². The van der Waals surface area contributed by atoms with Crippen molar-refractivity contribution in [3.8, 4) is 0 Å². The van der Waals surface area contributed by atoms with Gasteiger partial charge in [-0.2, -0.15) is 0 Å². The van der Waals surface area contributed by atoms with Crippen LogP contribution in [0.2, 0.25) is 0 Å². The molecule has 0 bridgehead atoms. The molecule has 2 aliphatic rings. The number of carbonyl (C=O) groups excluding carboxylic acids is 3. The highest BCUT2D eigenvalue weighted by molar-refractivity contribution is 5.91. The van der Waals surface area contributed by atoms with Gasteiger partial charge in [-0.05, 0) is 51.0 Å². The van der Waals surface area contributed by atoms with E-state index in [-0.39, 0.29) is 30.4 Å². The quantitative estimate of drug-likeness (QED) is 0.420. The Hall–Kier alpha value is -1.89. The first-order valence-corrected chi connectivity index (χ1v) is 13.5. The van der Waals surface area contributed by atoms with E-state index in [2.05, 4.69) is 24.1 Å². The smallest absolute Gasteiger partial charge is 0.333 e. The predicted molar refractivity (Wildman–Crippen MR) is 142 cm³/mol. The zero-order valence-corrected chi connectivity index (χ0v) is 23.8. The second-order valence-corrected chi connectivity index (χ2v) is 11.3. The van der Waals surface area contributed by atoms with Crippen molar-refractivity contribution in [2.45, 2.75) is 99.1 Å². The molecule has 2 fully saturated rings. The minimum atomic E-state index is -0.645. The molecular formula is C28H51N3O4. The van der Waals surface area contributed by atoms with Crippen LogP contribution in [0.15, 0.2) is 11.6 Å². The van der Waals surface area contributed by atoms with Crippen LogP contribution in [0.1, 0.15) is 87.0 Å². The summed E-state index contributed by atoms with van der Waals surface area (Å²) in [5, 5.41) is 3.08. The van der Waals surface area contributed by atoms with Gasteiger partial charge in [-0.3, -0.25) is 14.5 Å². The van der Waals surface area contributed by atoms with Gasteiger partial charge in [0.1, 0.15) is 6.04 Å². The molecule has 1 aliphatic heterocycles. The topological polar surface area (TPSA) is 79.0 Å². The van der Waals surface area contributed by atoms with E-state index in [0.717, 1.165) is 13.0 Å². The Morgan fingerprint density at radius 2 is 1.69 bits per heavy atom. The standard InChI is InChI=1S/C25H43N3O4.C3H8/c1-8-32-24(31)17(2)13-14-27(6)23(30)21(25(3,4)5)26-22(29)20-15-18-11-9-10-12-19(18)16-28(20)7;1-3-2/h13,18-21H,8-12,14-16H2,1-7H3,(H,26,29);3H2,1-2H3/b17-13+;. The van der Waals surface area contributed by atoms with Crippen molar-refractivity contribution in [1.82, 2.24) is 15.1 Å². The zero-order valence-electron chi connectivity index (χ0n) is 23.8. The number of carbonyl (C=O) groups is 3. The number of nitrogens with one attached hydrogen (secondary N) is 1. The number of piperidine rings is 1. The molecule has 0 aromatic carbocycles. The minimum Gasteiger partial charge on any atom is -0.463 e. The van der Waals surface area contributed by atoms with E-state index in [0.29, 0.717) is 24.0 Å². The Morgan fingerprint density at radius 3 is 2.23 bits per heavy atom. The van der Waals surface area contributed by atoms with E-state index in [1.54, 1.807) is 31.9 Å². The first-order valence-electron chi connectivity index (χ1n) is 13.5. The third kappa shape index (κ3) is 9.59. The molecule has 4 atom stereocenters. The lowest BCUT2D eigenvalue weighted by molar-refractivity contribution is -0.140. The molecule has 1 saturated heterocycles. The molecule has 1 saturated carbocycles. The number of hydrogen-bond donors (Lipinski definition) is 1. The number of esters is 1. The van der Waals surface area contributed by atoms with E-state index >= 15 is 0 Å². The third-order valence-electron chi connectivity index (χ3n) is 6.99. The molecule has 2 rings (SSSR count). The summed E-state index contributed by atoms with van der Waals surface area (Å²) in [6, 6.07) is -0.836. The molecule has 0 aromatic rings. The summed E-state index contributed by atoms with van der Waals surface area (Å²) < 4.78 is 4.99. The fourth-order valence-electron chi connectivity index (χ4n) is 4.91. The Kier molecular flexibility index (Phi) is 13.0. The van der Waals surface area contributed by atoms with E-state index in [1.165, 1.54) is 32.1 Å². The molecule has 0 spiro atoms. The van der Waals surface area contributed by atoms with E-state index in [4.69, 9.17) is 4.74 Å². The second-order valence-electron chi connectivity index (χ2n) is 11.3. The zero-order chi connectivity index (χ0) is 26.8. The van der Waals surface area contributed by atoms with E-state index in [9.17, 15) is 14.4 Å². The van der Waals surface area contributed by atoms with Crippen LogP contribution in [0.3, 0.4) is 0 Å². The van der Waals surface area contributed by atoms with Gasteiger partial charge < -0.3 is 15.0 Å². The maximum atomic E-state index is 13.3. The summed E-state index contributed by atoms with van der Waals surface area (Å²) in [4.78, 5) is 42.1. The summed E-state index contributed by atoms with van der Waals surface area (Å²) in [6.07, 6.45) is 8.83. The summed E-state index contributed by atoms with van der Waals surface area (Å²) in [5.41, 5.74) is 0.0235. The highest BCUT2D eigenvalue weighted by atomic mass is 16.5. The molecule has 35 heavy (non-hydrogen) atoms. The van der Waals surface area contributed by atoms with E-state index < -0.39 is 11.5 Å². The molecule has 7 heteroatoms. The first-order chi connectivity index (χ1) is 16.4. The molecule has 0 aromatic heterocycles. The number of hydrogen-bond acceptors (Lipinski definition) is 5. The van der Waals surface area contributed by atoms with Crippen molar-refractivity contribution in [3.05, 3.63) is 11.6 Å². The summed E-state index contributed by atoms with van der Waals surface area (Å²) in [5.74, 6) is 0.705. The highest BCUT2D eigenvalue weighted by Gasteiger charge is 2.41. The number of rotatable bonds is 7. The lowest BCUT2D eigenvalue weighted by Crippen LogP contribution is -2.59. The normalized spacial score (nSPS) is 23.8. The third-order valence-corrected chi connectivity index (χ3v) is 6.99. The number of likely N-dealkylation sites (tertiary alicyclic amines) is 1. The molecule has 1 aliphatic carbocycles. The highest BCUT2D eigenvalue weighted by Crippen LogP contribution is 2.38. The van der Waals surface area contributed by atoms with Crippen LogP contribution in [0, 0.1) is 17.3 Å². The van der Waals surface area contributed by atoms with Crippen LogP contribution >= 0.6 is 0 Å². The summed E-state index contributed by atoms with van der Waals surface area (Å²) >= 11 is 0. The first kappa shape index (κ1) is 31.1. The van der Waals surface area contributed by atoms with Crippen molar-refractivity contribution in [3.63, 3.8) is 0 Å². The number of ether oxygens (including phenoxy) is 1. The van der Waals surface area contributed by atoms with Crippen molar-refractivity contribution in [2.75, 3.05) is 33.8 Å². The van der Waals surface area contributed by atoms with Gasteiger partial charge in [0.25, 0.3) is 0 Å². The lowest BCUT2D eigenvalue weighted by Gasteiger charge is -2.44. The van der Waals surface area contributed by atoms with Gasteiger partial charge in [0.15, 0.2) is 0 Å². The number of likely N-dealkylation sites (N-methyl/N-ethyl adjacent to an activating group) is 2. The SMILES string of the molecule is CCC.CCOC(=O)/C(C)=C/CN(C)C(=O)C(NC(=O)C1CC2CCCCC2CN1C)C(C)(C)C. The van der Waals surface area contributed by atoms with E-state index in [1.807, 2.05) is 27.8 Å². The largest absolute Gasteiger partial charge is 0.463 e. The fraction of sp³-hybridized carbons (Fsp3) is 0.821. The second kappa shape index (κ2) is 14.6. The Morgan fingerprint density at radius 1 is 1.11 bits per heavy atom. The average Bonchev–Trinajstić information content (AvgIpc) is 2.79. The molecule has 7 nitrogen and oxygen atoms in total. The van der Waals surface area contributed by atoms with Gasteiger partial charge in [0.05, 0.1) is 12.6 Å². The van der Waals surface area contributed by atoms with Gasteiger partial charge in [0, 0.05) is 25.7 Å². The van der Waals surface area contributed by atoms with Crippen LogP contribution < -0.4 is 5.32 Å².